The van der Waals surface area contributed by atoms with Crippen molar-refractivity contribution in [3.8, 4) is 0 Å². The monoisotopic (exact) mass is 239 g/mol. The van der Waals surface area contributed by atoms with E-state index in [1.807, 2.05) is 6.92 Å². The first-order chi connectivity index (χ1) is 8.04. The van der Waals surface area contributed by atoms with Crippen LogP contribution in [0.25, 0.3) is 0 Å². The van der Waals surface area contributed by atoms with E-state index in [9.17, 15) is 9.18 Å². The topological polar surface area (TPSA) is 49.3 Å². The van der Waals surface area contributed by atoms with Crippen LogP contribution in [0.3, 0.4) is 0 Å². The Morgan fingerprint density at radius 1 is 1.53 bits per heavy atom. The van der Waals surface area contributed by atoms with Gasteiger partial charge in [0.2, 0.25) is 0 Å². The molecule has 1 aromatic carbocycles. The minimum Gasteiger partial charge on any atom is -0.396 e. The summed E-state index contributed by atoms with van der Waals surface area (Å²) in [5.74, 6) is -0.734. The summed E-state index contributed by atoms with van der Waals surface area (Å²) in [6.45, 7) is 4.22. The second-order valence-electron chi connectivity index (χ2n) is 4.31. The Bertz CT molecular complexity index is 393. The van der Waals surface area contributed by atoms with Crippen LogP contribution in [0.2, 0.25) is 0 Å². The maximum Gasteiger partial charge on any atom is 0.254 e. The molecule has 0 aromatic heterocycles. The minimum absolute atomic E-state index is 0.0619. The Morgan fingerprint density at radius 3 is 2.82 bits per heavy atom. The number of halogens is 1. The Balaban J connectivity index is 2.58. The van der Waals surface area contributed by atoms with Crippen LogP contribution in [-0.2, 0) is 0 Å². The SMILES string of the molecule is Cc1ccc(C(=O)NCC(C)CCO)c(F)c1. The van der Waals surface area contributed by atoms with E-state index in [2.05, 4.69) is 5.32 Å². The lowest BCUT2D eigenvalue weighted by molar-refractivity contribution is 0.0941. The first-order valence-electron chi connectivity index (χ1n) is 5.69. The Kier molecular flexibility index (Phi) is 5.10. The van der Waals surface area contributed by atoms with Gasteiger partial charge >= 0.3 is 0 Å². The molecule has 1 amide bonds. The second kappa shape index (κ2) is 6.35. The minimum atomic E-state index is -0.502. The van der Waals surface area contributed by atoms with Crippen molar-refractivity contribution in [2.75, 3.05) is 13.2 Å². The molecule has 1 unspecified atom stereocenters. The van der Waals surface area contributed by atoms with Crippen LogP contribution in [0.1, 0.15) is 29.3 Å². The van der Waals surface area contributed by atoms with E-state index in [0.717, 1.165) is 5.56 Å². The van der Waals surface area contributed by atoms with Crippen molar-refractivity contribution in [3.05, 3.63) is 35.1 Å². The van der Waals surface area contributed by atoms with Gasteiger partial charge in [-0.05, 0) is 37.0 Å². The van der Waals surface area contributed by atoms with E-state index in [0.29, 0.717) is 13.0 Å². The van der Waals surface area contributed by atoms with Gasteiger partial charge in [-0.2, -0.15) is 0 Å². The van der Waals surface area contributed by atoms with Crippen molar-refractivity contribution >= 4 is 5.91 Å². The molecule has 0 aliphatic heterocycles. The zero-order chi connectivity index (χ0) is 12.8. The van der Waals surface area contributed by atoms with E-state index < -0.39 is 11.7 Å². The predicted octanol–water partition coefficient (Wildman–Crippen LogP) is 1.88. The van der Waals surface area contributed by atoms with Gasteiger partial charge in [-0.3, -0.25) is 4.79 Å². The first-order valence-corrected chi connectivity index (χ1v) is 5.69. The number of rotatable bonds is 5. The van der Waals surface area contributed by atoms with Crippen molar-refractivity contribution in [1.29, 1.82) is 0 Å². The highest BCUT2D eigenvalue weighted by atomic mass is 19.1. The molecule has 0 saturated carbocycles. The lowest BCUT2D eigenvalue weighted by atomic mass is 10.1. The van der Waals surface area contributed by atoms with Crippen LogP contribution in [0.4, 0.5) is 4.39 Å². The molecule has 1 aromatic rings. The van der Waals surface area contributed by atoms with Gasteiger partial charge in [0.25, 0.3) is 5.91 Å². The molecule has 0 fully saturated rings. The summed E-state index contributed by atoms with van der Waals surface area (Å²) in [5.41, 5.74) is 0.847. The van der Waals surface area contributed by atoms with Gasteiger partial charge in [0.1, 0.15) is 5.82 Å². The van der Waals surface area contributed by atoms with Gasteiger partial charge in [0, 0.05) is 13.2 Å². The third kappa shape index (κ3) is 4.15. The summed E-state index contributed by atoms with van der Waals surface area (Å²) < 4.78 is 13.5. The molecule has 0 heterocycles. The van der Waals surface area contributed by atoms with Crippen molar-refractivity contribution in [3.63, 3.8) is 0 Å². The van der Waals surface area contributed by atoms with E-state index >= 15 is 0 Å². The average Bonchev–Trinajstić information content (AvgIpc) is 2.26. The fourth-order valence-electron chi connectivity index (χ4n) is 1.49. The van der Waals surface area contributed by atoms with Crippen molar-refractivity contribution in [1.82, 2.24) is 5.32 Å². The highest BCUT2D eigenvalue weighted by Crippen LogP contribution is 2.10. The summed E-state index contributed by atoms with van der Waals surface area (Å²) in [5, 5.41) is 11.4. The van der Waals surface area contributed by atoms with Crippen LogP contribution in [-0.4, -0.2) is 24.2 Å². The summed E-state index contributed by atoms with van der Waals surface area (Å²) in [4.78, 5) is 11.7. The van der Waals surface area contributed by atoms with Crippen molar-refractivity contribution in [2.45, 2.75) is 20.3 Å². The summed E-state index contributed by atoms with van der Waals surface area (Å²) >= 11 is 0. The Labute approximate surface area is 101 Å². The Hall–Kier alpha value is -1.42. The van der Waals surface area contributed by atoms with Gasteiger partial charge in [-0.15, -0.1) is 0 Å². The molecule has 0 aliphatic carbocycles. The molecule has 94 valence electrons. The van der Waals surface area contributed by atoms with Gasteiger partial charge < -0.3 is 10.4 Å². The van der Waals surface area contributed by atoms with E-state index in [4.69, 9.17) is 5.11 Å². The first kappa shape index (κ1) is 13.6. The largest absolute Gasteiger partial charge is 0.396 e. The van der Waals surface area contributed by atoms with Crippen LogP contribution >= 0.6 is 0 Å². The van der Waals surface area contributed by atoms with Crippen molar-refractivity contribution < 1.29 is 14.3 Å². The van der Waals surface area contributed by atoms with Gasteiger partial charge in [-0.1, -0.05) is 13.0 Å². The van der Waals surface area contributed by atoms with E-state index in [1.165, 1.54) is 12.1 Å². The molecule has 0 spiro atoms. The number of aliphatic hydroxyl groups excluding tert-OH is 1. The standard InChI is InChI=1S/C13H18FNO2/c1-9-3-4-11(12(14)7-9)13(17)15-8-10(2)5-6-16/h3-4,7,10,16H,5-6,8H2,1-2H3,(H,15,17). The molecular weight excluding hydrogens is 221 g/mol. The van der Waals surface area contributed by atoms with Crippen LogP contribution in [0.15, 0.2) is 18.2 Å². The molecule has 17 heavy (non-hydrogen) atoms. The molecule has 1 rings (SSSR count). The molecule has 1 atom stereocenters. The lowest BCUT2D eigenvalue weighted by Crippen LogP contribution is -2.29. The van der Waals surface area contributed by atoms with E-state index in [1.54, 1.807) is 13.0 Å². The number of benzene rings is 1. The second-order valence-corrected chi connectivity index (χ2v) is 4.31. The number of hydrogen-bond donors (Lipinski definition) is 2. The van der Waals surface area contributed by atoms with E-state index in [-0.39, 0.29) is 18.1 Å². The lowest BCUT2D eigenvalue weighted by Gasteiger charge is -2.11. The summed E-state index contributed by atoms with van der Waals surface area (Å²) in [6.07, 6.45) is 0.622. The van der Waals surface area contributed by atoms with Crippen LogP contribution in [0.5, 0.6) is 0 Å². The molecule has 4 heteroatoms. The average molecular weight is 239 g/mol. The fourth-order valence-corrected chi connectivity index (χ4v) is 1.49. The molecule has 0 aliphatic rings. The molecular formula is C13H18FNO2. The molecule has 0 saturated heterocycles. The van der Waals surface area contributed by atoms with Gasteiger partial charge in [0.05, 0.1) is 5.56 Å². The quantitative estimate of drug-likeness (QED) is 0.824. The highest BCUT2D eigenvalue weighted by Gasteiger charge is 2.12. The molecule has 0 radical (unpaired) electrons. The number of hydrogen-bond acceptors (Lipinski definition) is 2. The maximum absolute atomic E-state index is 13.5. The molecule has 0 bridgehead atoms. The molecule has 3 nitrogen and oxygen atoms in total. The third-order valence-corrected chi connectivity index (χ3v) is 2.60. The zero-order valence-electron chi connectivity index (χ0n) is 10.2. The fraction of sp³-hybridized carbons (Fsp3) is 0.462. The normalized spacial score (nSPS) is 12.2. The number of amides is 1. The smallest absolute Gasteiger partial charge is 0.254 e. The number of carbonyl (C=O) groups excluding carboxylic acids is 1. The zero-order valence-corrected chi connectivity index (χ0v) is 10.2. The third-order valence-electron chi connectivity index (χ3n) is 2.60. The molecule has 2 N–H and O–H groups in total. The van der Waals surface area contributed by atoms with Crippen molar-refractivity contribution in [2.24, 2.45) is 5.92 Å². The highest BCUT2D eigenvalue weighted by molar-refractivity contribution is 5.94. The summed E-state index contributed by atoms with van der Waals surface area (Å²) in [7, 11) is 0. The van der Waals surface area contributed by atoms with Gasteiger partial charge in [-0.25, -0.2) is 4.39 Å². The predicted molar refractivity (Wildman–Crippen MR) is 64.3 cm³/mol. The Morgan fingerprint density at radius 2 is 2.24 bits per heavy atom. The van der Waals surface area contributed by atoms with Crippen LogP contribution in [0, 0.1) is 18.7 Å². The maximum atomic E-state index is 13.5. The number of carbonyl (C=O) groups is 1. The van der Waals surface area contributed by atoms with Gasteiger partial charge in [0.15, 0.2) is 0 Å². The summed E-state index contributed by atoms with van der Waals surface area (Å²) in [6, 6.07) is 4.53. The number of aliphatic hydroxyl groups is 1. The number of aryl methyl sites for hydroxylation is 1. The van der Waals surface area contributed by atoms with Crippen LogP contribution < -0.4 is 5.32 Å². The number of nitrogens with one attached hydrogen (secondary N) is 1.